The zero-order valence-electron chi connectivity index (χ0n) is 14.3. The highest BCUT2D eigenvalue weighted by atomic mass is 32.2. The number of hydrogen-bond donors (Lipinski definition) is 2. The number of nitrogens with zero attached hydrogens (tertiary/aromatic N) is 1. The van der Waals surface area contributed by atoms with Crippen LogP contribution < -0.4 is 10.0 Å². The molecule has 0 aliphatic heterocycles. The summed E-state index contributed by atoms with van der Waals surface area (Å²) in [5.41, 5.74) is 1.48. The molecule has 0 atom stereocenters. The normalized spacial score (nSPS) is 14.3. The number of aromatic nitrogens is 1. The molecule has 8 heteroatoms. The minimum atomic E-state index is -3.59. The van der Waals surface area contributed by atoms with Crippen LogP contribution in [0, 0.1) is 0 Å². The first-order chi connectivity index (χ1) is 12.5. The molecule has 1 aliphatic carbocycles. The van der Waals surface area contributed by atoms with Crippen LogP contribution in [0.5, 0.6) is 0 Å². The molecule has 2 N–H and O–H groups in total. The summed E-state index contributed by atoms with van der Waals surface area (Å²) in [6.07, 6.45) is 6.98. The Hall–Kier alpha value is -2.03. The van der Waals surface area contributed by atoms with E-state index < -0.39 is 10.0 Å². The van der Waals surface area contributed by atoms with Gasteiger partial charge in [-0.3, -0.25) is 10.1 Å². The molecule has 0 fully saturated rings. The molecule has 0 saturated carbocycles. The van der Waals surface area contributed by atoms with Gasteiger partial charge in [-0.15, -0.1) is 17.9 Å². The van der Waals surface area contributed by atoms with Gasteiger partial charge in [0.1, 0.15) is 0 Å². The Morgan fingerprint density at radius 2 is 1.92 bits per heavy atom. The second-order valence-corrected chi connectivity index (χ2v) is 8.92. The van der Waals surface area contributed by atoms with Crippen LogP contribution in [-0.4, -0.2) is 25.9 Å². The van der Waals surface area contributed by atoms with Crippen molar-refractivity contribution in [1.82, 2.24) is 9.71 Å². The first-order valence-corrected chi connectivity index (χ1v) is 10.8. The summed E-state index contributed by atoms with van der Waals surface area (Å²) in [5, 5.41) is 3.42. The van der Waals surface area contributed by atoms with E-state index in [2.05, 4.69) is 21.6 Å². The average Bonchev–Trinajstić information content (AvgIpc) is 2.88. The Kier molecular flexibility index (Phi) is 5.85. The van der Waals surface area contributed by atoms with Crippen molar-refractivity contribution in [2.75, 3.05) is 11.9 Å². The van der Waals surface area contributed by atoms with Crippen molar-refractivity contribution in [2.24, 2.45) is 0 Å². The maximum absolute atomic E-state index is 12.4. The standard InChI is InChI=1S/C18H21N3O3S2/c1-2-12-19-26(23,24)14-10-8-13(9-11-14)17(22)21-18-20-15-6-4-3-5-7-16(15)25-18/h2,8-11,19H,1,3-7,12H2,(H,20,21,22). The Bertz CT molecular complexity index is 879. The van der Waals surface area contributed by atoms with Gasteiger partial charge in [-0.1, -0.05) is 12.5 Å². The lowest BCUT2D eigenvalue weighted by atomic mass is 10.2. The smallest absolute Gasteiger partial charge is 0.257 e. The number of fused-ring (bicyclic) bond motifs is 1. The van der Waals surface area contributed by atoms with Crippen LogP contribution in [0.4, 0.5) is 5.13 Å². The summed E-state index contributed by atoms with van der Waals surface area (Å²) in [7, 11) is -3.59. The third-order valence-corrected chi connectivity index (χ3v) is 6.67. The fourth-order valence-corrected chi connectivity index (χ4v) is 4.83. The Balaban J connectivity index is 1.70. The Morgan fingerprint density at radius 1 is 1.19 bits per heavy atom. The first-order valence-electron chi connectivity index (χ1n) is 8.50. The van der Waals surface area contributed by atoms with Gasteiger partial charge >= 0.3 is 0 Å². The van der Waals surface area contributed by atoms with Crippen molar-refractivity contribution in [3.63, 3.8) is 0 Å². The largest absolute Gasteiger partial charge is 0.298 e. The molecule has 0 bridgehead atoms. The summed E-state index contributed by atoms with van der Waals surface area (Å²) in [4.78, 5) is 18.3. The number of sulfonamides is 1. The number of rotatable bonds is 6. The summed E-state index contributed by atoms with van der Waals surface area (Å²) >= 11 is 1.53. The number of carbonyl (C=O) groups excluding carboxylic acids is 1. The molecule has 2 aromatic rings. The van der Waals surface area contributed by atoms with Crippen LogP contribution in [0.1, 0.15) is 40.2 Å². The highest BCUT2D eigenvalue weighted by Crippen LogP contribution is 2.29. The fraction of sp³-hybridized carbons (Fsp3) is 0.333. The number of carbonyl (C=O) groups is 1. The number of anilines is 1. The SMILES string of the molecule is C=CCNS(=O)(=O)c1ccc(C(=O)Nc2nc3c(s2)CCCCC3)cc1. The van der Waals surface area contributed by atoms with Gasteiger partial charge in [0, 0.05) is 17.0 Å². The van der Waals surface area contributed by atoms with Crippen LogP contribution in [0.25, 0.3) is 0 Å². The van der Waals surface area contributed by atoms with E-state index in [4.69, 9.17) is 0 Å². The quantitative estimate of drug-likeness (QED) is 0.585. The molecule has 0 saturated heterocycles. The highest BCUT2D eigenvalue weighted by Gasteiger charge is 2.17. The second kappa shape index (κ2) is 8.11. The maximum Gasteiger partial charge on any atom is 0.257 e. The molecule has 26 heavy (non-hydrogen) atoms. The predicted molar refractivity (Wildman–Crippen MR) is 103 cm³/mol. The summed E-state index contributed by atoms with van der Waals surface area (Å²) < 4.78 is 26.5. The second-order valence-electron chi connectivity index (χ2n) is 6.07. The lowest BCUT2D eigenvalue weighted by molar-refractivity contribution is 0.102. The Labute approximate surface area is 157 Å². The van der Waals surface area contributed by atoms with Crippen LogP contribution >= 0.6 is 11.3 Å². The molecule has 1 amide bonds. The van der Waals surface area contributed by atoms with Crippen LogP contribution in [0.3, 0.4) is 0 Å². The minimum absolute atomic E-state index is 0.108. The predicted octanol–water partition coefficient (Wildman–Crippen LogP) is 3.13. The zero-order chi connectivity index (χ0) is 18.6. The number of amides is 1. The van der Waals surface area contributed by atoms with Crippen molar-refractivity contribution in [2.45, 2.75) is 37.0 Å². The number of thiazole rings is 1. The van der Waals surface area contributed by atoms with E-state index in [0.29, 0.717) is 10.7 Å². The van der Waals surface area contributed by atoms with E-state index in [0.717, 1.165) is 25.0 Å². The fourth-order valence-electron chi connectivity index (χ4n) is 2.79. The van der Waals surface area contributed by atoms with Crippen molar-refractivity contribution >= 4 is 32.4 Å². The molecule has 6 nitrogen and oxygen atoms in total. The maximum atomic E-state index is 12.4. The van der Waals surface area contributed by atoms with Gasteiger partial charge in [0.2, 0.25) is 10.0 Å². The molecule has 3 rings (SSSR count). The molecule has 1 aliphatic rings. The number of benzene rings is 1. The summed E-state index contributed by atoms with van der Waals surface area (Å²) in [5.74, 6) is -0.295. The van der Waals surface area contributed by atoms with Crippen molar-refractivity contribution in [1.29, 1.82) is 0 Å². The third kappa shape index (κ3) is 4.38. The van der Waals surface area contributed by atoms with E-state index >= 15 is 0 Å². The minimum Gasteiger partial charge on any atom is -0.298 e. The molecule has 1 heterocycles. The molecule has 0 spiro atoms. The number of nitrogens with one attached hydrogen (secondary N) is 2. The topological polar surface area (TPSA) is 88.2 Å². The van der Waals surface area contributed by atoms with E-state index in [-0.39, 0.29) is 17.3 Å². The van der Waals surface area contributed by atoms with E-state index in [9.17, 15) is 13.2 Å². The zero-order valence-corrected chi connectivity index (χ0v) is 16.0. The average molecular weight is 392 g/mol. The van der Waals surface area contributed by atoms with Crippen molar-refractivity contribution in [3.05, 3.63) is 53.1 Å². The monoisotopic (exact) mass is 391 g/mol. The van der Waals surface area contributed by atoms with Gasteiger partial charge in [-0.05, 0) is 49.9 Å². The molecule has 138 valence electrons. The van der Waals surface area contributed by atoms with Gasteiger partial charge < -0.3 is 0 Å². The summed E-state index contributed by atoms with van der Waals surface area (Å²) in [6.45, 7) is 3.63. The molecule has 1 aromatic heterocycles. The van der Waals surface area contributed by atoms with Gasteiger partial charge in [-0.25, -0.2) is 18.1 Å². The van der Waals surface area contributed by atoms with Crippen LogP contribution in [0.15, 0.2) is 41.8 Å². The van der Waals surface area contributed by atoms with Crippen LogP contribution in [0.2, 0.25) is 0 Å². The van der Waals surface area contributed by atoms with Gasteiger partial charge in [0.25, 0.3) is 5.91 Å². The third-order valence-electron chi connectivity index (χ3n) is 4.16. The summed E-state index contributed by atoms with van der Waals surface area (Å²) in [6, 6.07) is 5.82. The molecule has 0 unspecified atom stereocenters. The van der Waals surface area contributed by atoms with Crippen molar-refractivity contribution in [3.8, 4) is 0 Å². The van der Waals surface area contributed by atoms with Gasteiger partial charge in [-0.2, -0.15) is 0 Å². The van der Waals surface area contributed by atoms with Gasteiger partial charge in [0.15, 0.2) is 5.13 Å². The molecular weight excluding hydrogens is 370 g/mol. The van der Waals surface area contributed by atoms with Crippen molar-refractivity contribution < 1.29 is 13.2 Å². The Morgan fingerprint density at radius 3 is 2.65 bits per heavy atom. The highest BCUT2D eigenvalue weighted by molar-refractivity contribution is 7.89. The van der Waals surface area contributed by atoms with Gasteiger partial charge in [0.05, 0.1) is 10.6 Å². The lowest BCUT2D eigenvalue weighted by Gasteiger charge is -2.06. The number of aryl methyl sites for hydroxylation is 2. The first kappa shape index (κ1) is 18.8. The lowest BCUT2D eigenvalue weighted by Crippen LogP contribution is -2.23. The van der Waals surface area contributed by atoms with E-state index in [1.807, 2.05) is 0 Å². The van der Waals surface area contributed by atoms with E-state index in [1.165, 1.54) is 59.4 Å². The molecule has 1 aromatic carbocycles. The molecular formula is C18H21N3O3S2. The van der Waals surface area contributed by atoms with Crippen LogP contribution in [-0.2, 0) is 22.9 Å². The number of hydrogen-bond acceptors (Lipinski definition) is 5. The van der Waals surface area contributed by atoms with E-state index in [1.54, 1.807) is 0 Å². The molecule has 0 radical (unpaired) electrons.